The Morgan fingerprint density at radius 2 is 1.71 bits per heavy atom. The first-order valence-corrected chi connectivity index (χ1v) is 10.3. The minimum absolute atomic E-state index is 0.0911. The van der Waals surface area contributed by atoms with Crippen LogP contribution in [0, 0.1) is 5.92 Å². The molecule has 1 N–H and O–H groups in total. The summed E-state index contributed by atoms with van der Waals surface area (Å²) in [6.07, 6.45) is -0.605. The Labute approximate surface area is 178 Å². The van der Waals surface area contributed by atoms with E-state index in [0.29, 0.717) is 50.8 Å². The summed E-state index contributed by atoms with van der Waals surface area (Å²) in [5.74, 6) is 0.735. The highest BCUT2D eigenvalue weighted by Gasteiger charge is 2.31. The zero-order valence-electron chi connectivity index (χ0n) is 16.9. The first-order valence-electron chi connectivity index (χ1n) is 10.3. The van der Waals surface area contributed by atoms with E-state index in [9.17, 15) is 18.0 Å². The minimum Gasteiger partial charge on any atom is -0.378 e. The lowest BCUT2D eigenvalue weighted by atomic mass is 9.96. The molecule has 2 aromatic heterocycles. The summed E-state index contributed by atoms with van der Waals surface area (Å²) < 4.78 is 43.4. The van der Waals surface area contributed by atoms with Crippen LogP contribution >= 0.6 is 0 Å². The Bertz CT molecular complexity index is 875. The van der Waals surface area contributed by atoms with Crippen LogP contribution in [0.5, 0.6) is 0 Å². The quantitative estimate of drug-likeness (QED) is 0.796. The fraction of sp³-hybridized carbons (Fsp3) is 0.476. The summed E-state index contributed by atoms with van der Waals surface area (Å²) in [6, 6.07) is 6.15. The molecule has 2 aliphatic rings. The van der Waals surface area contributed by atoms with Crippen molar-refractivity contribution in [1.82, 2.24) is 9.97 Å². The van der Waals surface area contributed by atoms with E-state index in [4.69, 9.17) is 4.74 Å². The zero-order chi connectivity index (χ0) is 21.8. The number of hydrogen-bond donors (Lipinski definition) is 1. The summed E-state index contributed by atoms with van der Waals surface area (Å²) >= 11 is 0. The summed E-state index contributed by atoms with van der Waals surface area (Å²) in [4.78, 5) is 25.0. The number of piperidine rings is 1. The zero-order valence-corrected chi connectivity index (χ0v) is 16.9. The van der Waals surface area contributed by atoms with Crippen molar-refractivity contribution in [3.8, 4) is 0 Å². The minimum atomic E-state index is -4.40. The SMILES string of the molecule is O=C(Nc1ccc(N2CCOCC2)cn1)C1CCN(c2ccc(C(F)(F)F)cn2)CC1. The standard InChI is InChI=1S/C21H24F3N5O2/c22-21(23,24)16-1-4-19(26-13-16)29-7-5-15(6-8-29)20(30)27-18-3-2-17(14-25-18)28-9-11-31-12-10-28/h1-4,13-15H,5-12H2,(H,25,27,30). The van der Waals surface area contributed by atoms with E-state index in [0.717, 1.165) is 31.0 Å². The van der Waals surface area contributed by atoms with E-state index in [2.05, 4.69) is 20.2 Å². The van der Waals surface area contributed by atoms with Crippen LogP contribution in [-0.2, 0) is 15.7 Å². The third-order valence-corrected chi connectivity index (χ3v) is 5.64. The Morgan fingerprint density at radius 1 is 0.968 bits per heavy atom. The van der Waals surface area contributed by atoms with Crippen LogP contribution < -0.4 is 15.1 Å². The molecular weight excluding hydrogens is 411 g/mol. The molecule has 1 amide bonds. The molecule has 4 heterocycles. The number of amides is 1. The molecule has 31 heavy (non-hydrogen) atoms. The highest BCUT2D eigenvalue weighted by Crippen LogP contribution is 2.30. The number of nitrogens with zero attached hydrogens (tertiary/aromatic N) is 4. The first-order chi connectivity index (χ1) is 14.9. The van der Waals surface area contributed by atoms with Gasteiger partial charge in [0.15, 0.2) is 0 Å². The third kappa shape index (κ3) is 5.25. The van der Waals surface area contributed by atoms with Crippen LogP contribution in [0.15, 0.2) is 36.7 Å². The number of aromatic nitrogens is 2. The van der Waals surface area contributed by atoms with Gasteiger partial charge in [-0.1, -0.05) is 0 Å². The van der Waals surface area contributed by atoms with E-state index in [-0.39, 0.29) is 11.8 Å². The van der Waals surface area contributed by atoms with Crippen LogP contribution in [0.25, 0.3) is 0 Å². The Hall–Kier alpha value is -2.88. The van der Waals surface area contributed by atoms with E-state index < -0.39 is 11.7 Å². The van der Waals surface area contributed by atoms with Crippen molar-refractivity contribution in [3.63, 3.8) is 0 Å². The number of halogens is 3. The molecule has 0 spiro atoms. The number of anilines is 3. The molecule has 2 aromatic rings. The van der Waals surface area contributed by atoms with Gasteiger partial charge in [-0.2, -0.15) is 13.2 Å². The number of ether oxygens (including phenoxy) is 1. The number of morpholine rings is 1. The fourth-order valence-corrected chi connectivity index (χ4v) is 3.81. The van der Waals surface area contributed by atoms with Gasteiger partial charge in [0.1, 0.15) is 11.6 Å². The molecule has 0 aliphatic carbocycles. The molecular formula is C21H24F3N5O2. The Morgan fingerprint density at radius 3 is 2.29 bits per heavy atom. The molecule has 2 fully saturated rings. The van der Waals surface area contributed by atoms with Gasteiger partial charge in [-0.15, -0.1) is 0 Å². The van der Waals surface area contributed by atoms with E-state index in [1.165, 1.54) is 6.07 Å². The summed E-state index contributed by atoms with van der Waals surface area (Å²) in [5.41, 5.74) is 0.233. The van der Waals surface area contributed by atoms with Gasteiger partial charge >= 0.3 is 6.18 Å². The second-order valence-corrected chi connectivity index (χ2v) is 7.65. The average Bonchev–Trinajstić information content (AvgIpc) is 2.80. The van der Waals surface area contributed by atoms with Crippen molar-refractivity contribution in [2.24, 2.45) is 5.92 Å². The number of pyridine rings is 2. The third-order valence-electron chi connectivity index (χ3n) is 5.64. The average molecular weight is 435 g/mol. The lowest BCUT2D eigenvalue weighted by Gasteiger charge is -2.32. The van der Waals surface area contributed by atoms with Crippen LogP contribution in [-0.4, -0.2) is 55.3 Å². The molecule has 0 bridgehead atoms. The lowest BCUT2D eigenvalue weighted by Crippen LogP contribution is -2.38. The largest absolute Gasteiger partial charge is 0.417 e. The molecule has 10 heteroatoms. The van der Waals surface area contributed by atoms with Crippen molar-refractivity contribution >= 4 is 23.2 Å². The van der Waals surface area contributed by atoms with Gasteiger partial charge in [-0.05, 0) is 37.1 Å². The second-order valence-electron chi connectivity index (χ2n) is 7.65. The maximum absolute atomic E-state index is 12.7. The molecule has 0 unspecified atom stereocenters. The first kappa shape index (κ1) is 21.4. The highest BCUT2D eigenvalue weighted by atomic mass is 19.4. The number of hydrogen-bond acceptors (Lipinski definition) is 6. The molecule has 0 aromatic carbocycles. The summed E-state index contributed by atoms with van der Waals surface area (Å²) in [6.45, 7) is 4.14. The predicted molar refractivity (Wildman–Crippen MR) is 110 cm³/mol. The molecule has 4 rings (SSSR count). The predicted octanol–water partition coefficient (Wildman–Crippen LogP) is 3.19. The number of nitrogens with one attached hydrogen (secondary N) is 1. The van der Waals surface area contributed by atoms with Gasteiger partial charge < -0.3 is 19.9 Å². The Balaban J connectivity index is 1.28. The topological polar surface area (TPSA) is 70.6 Å². The smallest absolute Gasteiger partial charge is 0.378 e. The van der Waals surface area contributed by atoms with E-state index in [1.807, 2.05) is 11.0 Å². The van der Waals surface area contributed by atoms with Gasteiger partial charge in [-0.3, -0.25) is 4.79 Å². The van der Waals surface area contributed by atoms with E-state index >= 15 is 0 Å². The summed E-state index contributed by atoms with van der Waals surface area (Å²) in [7, 11) is 0. The molecule has 7 nitrogen and oxygen atoms in total. The molecule has 0 saturated carbocycles. The van der Waals surface area contributed by atoms with Crippen LogP contribution in [0.3, 0.4) is 0 Å². The van der Waals surface area contributed by atoms with Crippen molar-refractivity contribution in [2.45, 2.75) is 19.0 Å². The van der Waals surface area contributed by atoms with Crippen molar-refractivity contribution < 1.29 is 22.7 Å². The molecule has 2 saturated heterocycles. The number of carbonyl (C=O) groups excluding carboxylic acids is 1. The monoisotopic (exact) mass is 435 g/mol. The number of alkyl halides is 3. The second kappa shape index (κ2) is 9.09. The van der Waals surface area contributed by atoms with Crippen molar-refractivity contribution in [3.05, 3.63) is 42.2 Å². The number of carbonyl (C=O) groups is 1. The highest BCUT2D eigenvalue weighted by molar-refractivity contribution is 5.91. The Kier molecular flexibility index (Phi) is 6.26. The summed E-state index contributed by atoms with van der Waals surface area (Å²) in [5, 5.41) is 2.87. The normalized spacial score (nSPS) is 18.2. The molecule has 0 atom stereocenters. The number of rotatable bonds is 4. The van der Waals surface area contributed by atoms with Gasteiger partial charge in [0, 0.05) is 38.3 Å². The van der Waals surface area contributed by atoms with Crippen LogP contribution in [0.2, 0.25) is 0 Å². The fourth-order valence-electron chi connectivity index (χ4n) is 3.81. The molecule has 2 aliphatic heterocycles. The maximum Gasteiger partial charge on any atom is 0.417 e. The van der Waals surface area contributed by atoms with Gasteiger partial charge in [0.2, 0.25) is 5.91 Å². The molecule has 0 radical (unpaired) electrons. The maximum atomic E-state index is 12.7. The van der Waals surface area contributed by atoms with Gasteiger partial charge in [0.25, 0.3) is 0 Å². The van der Waals surface area contributed by atoms with Crippen molar-refractivity contribution in [1.29, 1.82) is 0 Å². The molecule has 166 valence electrons. The lowest BCUT2D eigenvalue weighted by molar-refractivity contribution is -0.137. The van der Waals surface area contributed by atoms with Gasteiger partial charge in [0.05, 0.1) is 30.7 Å². The van der Waals surface area contributed by atoms with Crippen LogP contribution in [0.4, 0.5) is 30.5 Å². The van der Waals surface area contributed by atoms with Crippen molar-refractivity contribution in [2.75, 3.05) is 54.5 Å². The van der Waals surface area contributed by atoms with E-state index in [1.54, 1.807) is 12.3 Å². The van der Waals surface area contributed by atoms with Gasteiger partial charge in [-0.25, -0.2) is 9.97 Å². The van der Waals surface area contributed by atoms with Crippen LogP contribution in [0.1, 0.15) is 18.4 Å².